The second-order valence-corrected chi connectivity index (χ2v) is 4.01. The van der Waals surface area contributed by atoms with E-state index in [2.05, 4.69) is 47.3 Å². The Bertz CT molecular complexity index is 170. The van der Waals surface area contributed by atoms with Crippen molar-refractivity contribution >= 4 is 0 Å². The second kappa shape index (κ2) is 5.18. The molecule has 1 atom stereocenters. The predicted molar refractivity (Wildman–Crippen MR) is 56.9 cm³/mol. The van der Waals surface area contributed by atoms with Crippen LogP contribution in [0.5, 0.6) is 0 Å². The van der Waals surface area contributed by atoms with E-state index in [4.69, 9.17) is 0 Å². The van der Waals surface area contributed by atoms with Gasteiger partial charge in [0.25, 0.3) is 0 Å². The van der Waals surface area contributed by atoms with Gasteiger partial charge in [0.2, 0.25) is 0 Å². The van der Waals surface area contributed by atoms with E-state index in [1.54, 1.807) is 0 Å². The van der Waals surface area contributed by atoms with Crippen molar-refractivity contribution in [1.29, 1.82) is 0 Å². The van der Waals surface area contributed by atoms with Gasteiger partial charge in [-0.1, -0.05) is 31.1 Å². The zero-order valence-electron chi connectivity index (χ0n) is 9.07. The number of rotatable bonds is 4. The number of allylic oxidation sites excluding steroid dienone is 3. The molecule has 0 saturated heterocycles. The Morgan fingerprint density at radius 1 is 1.25 bits per heavy atom. The van der Waals surface area contributed by atoms with Crippen LogP contribution in [0.1, 0.15) is 41.0 Å². The molecule has 12 heavy (non-hydrogen) atoms. The van der Waals surface area contributed by atoms with E-state index in [0.29, 0.717) is 5.92 Å². The normalized spacial score (nSPS) is 12.8. The highest BCUT2D eigenvalue weighted by Gasteiger charge is 2.09. The molecule has 69 valence electrons. The quantitative estimate of drug-likeness (QED) is 0.549. The van der Waals surface area contributed by atoms with E-state index in [1.165, 1.54) is 17.1 Å². The van der Waals surface area contributed by atoms with Gasteiger partial charge in [-0.25, -0.2) is 0 Å². The Balaban J connectivity index is 4.01. The molecule has 0 fully saturated rings. The first-order valence-electron chi connectivity index (χ1n) is 4.55. The smallest absolute Gasteiger partial charge is 0.0166 e. The number of hydrogen-bond donors (Lipinski definition) is 0. The Labute approximate surface area is 77.4 Å². The van der Waals surface area contributed by atoms with Crippen LogP contribution in [0.15, 0.2) is 23.8 Å². The molecular formula is C12H21. The highest BCUT2D eigenvalue weighted by atomic mass is 14.1. The molecule has 0 aromatic heterocycles. The molecule has 0 bridgehead atoms. The average molecular weight is 165 g/mol. The van der Waals surface area contributed by atoms with Crippen molar-refractivity contribution in [2.24, 2.45) is 5.92 Å². The first kappa shape index (κ1) is 11.5. The molecule has 0 nitrogen and oxygen atoms in total. The molecular weight excluding hydrogens is 144 g/mol. The molecule has 0 aliphatic rings. The van der Waals surface area contributed by atoms with Gasteiger partial charge in [0.15, 0.2) is 0 Å². The molecule has 0 heterocycles. The molecule has 0 aliphatic heterocycles. The van der Waals surface area contributed by atoms with Gasteiger partial charge in [-0.3, -0.25) is 0 Å². The highest BCUT2D eigenvalue weighted by molar-refractivity contribution is 5.11. The lowest BCUT2D eigenvalue weighted by atomic mass is 9.89. The Morgan fingerprint density at radius 3 is 2.08 bits per heavy atom. The lowest BCUT2D eigenvalue weighted by molar-refractivity contribution is 0.690. The summed E-state index contributed by atoms with van der Waals surface area (Å²) >= 11 is 0. The topological polar surface area (TPSA) is 0 Å². The van der Waals surface area contributed by atoms with Crippen molar-refractivity contribution in [3.8, 4) is 0 Å². The molecule has 0 heteroatoms. The summed E-state index contributed by atoms with van der Waals surface area (Å²) in [7, 11) is 0. The summed E-state index contributed by atoms with van der Waals surface area (Å²) in [6.07, 6.45) is 3.36. The molecule has 1 unspecified atom stereocenters. The second-order valence-electron chi connectivity index (χ2n) is 4.01. The molecule has 0 amide bonds. The van der Waals surface area contributed by atoms with Gasteiger partial charge in [-0.05, 0) is 39.0 Å². The van der Waals surface area contributed by atoms with Gasteiger partial charge >= 0.3 is 0 Å². The van der Waals surface area contributed by atoms with E-state index >= 15 is 0 Å². The first-order chi connectivity index (χ1) is 5.43. The molecule has 0 aromatic carbocycles. The molecule has 0 aliphatic carbocycles. The molecule has 1 radical (unpaired) electrons. The monoisotopic (exact) mass is 165 g/mol. The van der Waals surface area contributed by atoms with Gasteiger partial charge in [-0.15, -0.1) is 6.58 Å². The average Bonchev–Trinajstić information content (AvgIpc) is 1.84. The van der Waals surface area contributed by atoms with E-state index in [1.807, 2.05) is 0 Å². The van der Waals surface area contributed by atoms with E-state index in [0.717, 1.165) is 6.42 Å². The fourth-order valence-corrected chi connectivity index (χ4v) is 1.28. The fraction of sp³-hybridized carbons (Fsp3) is 0.583. The highest BCUT2D eigenvalue weighted by Crippen LogP contribution is 2.22. The summed E-state index contributed by atoms with van der Waals surface area (Å²) < 4.78 is 0. The van der Waals surface area contributed by atoms with Gasteiger partial charge in [0.05, 0.1) is 0 Å². The van der Waals surface area contributed by atoms with E-state index < -0.39 is 0 Å². The summed E-state index contributed by atoms with van der Waals surface area (Å²) in [4.78, 5) is 0. The Kier molecular flexibility index (Phi) is 4.96. The summed E-state index contributed by atoms with van der Waals surface area (Å²) in [6.45, 7) is 14.7. The maximum atomic E-state index is 3.92. The van der Waals surface area contributed by atoms with Crippen LogP contribution < -0.4 is 0 Å². The van der Waals surface area contributed by atoms with Crippen LogP contribution in [-0.2, 0) is 0 Å². The standard InChI is InChI=1S/C12H21/c1-9(2)7-11(5)12(6)8-10(3)4/h8,12H,1,7H2,2-6H3. The summed E-state index contributed by atoms with van der Waals surface area (Å²) in [5.41, 5.74) is 2.64. The molecule has 0 spiro atoms. The van der Waals surface area contributed by atoms with Crippen molar-refractivity contribution in [1.82, 2.24) is 0 Å². The van der Waals surface area contributed by atoms with Crippen LogP contribution in [0.25, 0.3) is 0 Å². The van der Waals surface area contributed by atoms with Gasteiger partial charge in [0, 0.05) is 0 Å². The van der Waals surface area contributed by atoms with Crippen LogP contribution in [0, 0.1) is 11.8 Å². The van der Waals surface area contributed by atoms with E-state index in [-0.39, 0.29) is 0 Å². The molecule has 0 rings (SSSR count). The van der Waals surface area contributed by atoms with Crippen molar-refractivity contribution < 1.29 is 0 Å². The maximum absolute atomic E-state index is 3.92. The van der Waals surface area contributed by atoms with Gasteiger partial charge in [-0.2, -0.15) is 0 Å². The minimum absolute atomic E-state index is 0.590. The first-order valence-corrected chi connectivity index (χ1v) is 4.55. The summed E-state index contributed by atoms with van der Waals surface area (Å²) in [6, 6.07) is 0. The lowest BCUT2D eigenvalue weighted by Crippen LogP contribution is -2.03. The van der Waals surface area contributed by atoms with Crippen LogP contribution >= 0.6 is 0 Å². The summed E-state index contributed by atoms with van der Waals surface area (Å²) in [5.74, 6) is 2.09. The molecule has 0 N–H and O–H groups in total. The van der Waals surface area contributed by atoms with Crippen LogP contribution in [0.3, 0.4) is 0 Å². The Morgan fingerprint density at radius 2 is 1.75 bits per heavy atom. The predicted octanol–water partition coefficient (Wildman–Crippen LogP) is 4.15. The zero-order valence-corrected chi connectivity index (χ0v) is 9.07. The van der Waals surface area contributed by atoms with Crippen molar-refractivity contribution in [3.63, 3.8) is 0 Å². The van der Waals surface area contributed by atoms with Crippen LogP contribution in [-0.4, -0.2) is 0 Å². The SMILES string of the molecule is C=C(C)C[C](C)C(C)C=C(C)C. The third-order valence-electron chi connectivity index (χ3n) is 1.94. The van der Waals surface area contributed by atoms with Crippen molar-refractivity contribution in [3.05, 3.63) is 29.7 Å². The van der Waals surface area contributed by atoms with Crippen molar-refractivity contribution in [2.45, 2.75) is 41.0 Å². The lowest BCUT2D eigenvalue weighted by Gasteiger charge is -2.16. The van der Waals surface area contributed by atoms with Gasteiger partial charge < -0.3 is 0 Å². The van der Waals surface area contributed by atoms with Crippen LogP contribution in [0.2, 0.25) is 0 Å². The molecule has 0 saturated carbocycles. The zero-order chi connectivity index (χ0) is 9.72. The minimum Gasteiger partial charge on any atom is -0.100 e. The Hall–Kier alpha value is -0.520. The van der Waals surface area contributed by atoms with Gasteiger partial charge in [0.1, 0.15) is 0 Å². The third-order valence-corrected chi connectivity index (χ3v) is 1.94. The summed E-state index contributed by atoms with van der Waals surface area (Å²) in [5, 5.41) is 0. The largest absolute Gasteiger partial charge is 0.100 e. The van der Waals surface area contributed by atoms with Crippen molar-refractivity contribution in [2.75, 3.05) is 0 Å². The van der Waals surface area contributed by atoms with Crippen LogP contribution in [0.4, 0.5) is 0 Å². The third kappa shape index (κ3) is 5.17. The van der Waals surface area contributed by atoms with E-state index in [9.17, 15) is 0 Å². The number of hydrogen-bond acceptors (Lipinski definition) is 0. The molecule has 0 aromatic rings. The minimum atomic E-state index is 0.590. The fourth-order valence-electron chi connectivity index (χ4n) is 1.28. The maximum Gasteiger partial charge on any atom is -0.0166 e.